The smallest absolute Gasteiger partial charge is 0.255 e. The standard InChI is InChI=1S/C8H9BrFN3/c9-8(1-2-8)5-13-7-6(10)11-3-4-12-7/h3-4H,1-2,5H2,(H,12,13). The molecule has 3 nitrogen and oxygen atoms in total. The third kappa shape index (κ3) is 2.15. The van der Waals surface area contributed by atoms with Crippen LogP contribution in [0, 0.1) is 5.95 Å². The molecule has 13 heavy (non-hydrogen) atoms. The molecule has 70 valence electrons. The van der Waals surface area contributed by atoms with Crippen molar-refractivity contribution < 1.29 is 4.39 Å². The predicted octanol–water partition coefficient (Wildman–Crippen LogP) is 1.96. The summed E-state index contributed by atoms with van der Waals surface area (Å²) in [6.07, 6.45) is 5.06. The molecular weight excluding hydrogens is 237 g/mol. The van der Waals surface area contributed by atoms with Crippen molar-refractivity contribution in [3.8, 4) is 0 Å². The zero-order valence-corrected chi connectivity index (χ0v) is 8.51. The van der Waals surface area contributed by atoms with Crippen molar-refractivity contribution in [3.63, 3.8) is 0 Å². The van der Waals surface area contributed by atoms with Crippen molar-refractivity contribution in [1.29, 1.82) is 0 Å². The first-order valence-electron chi connectivity index (χ1n) is 4.09. The Morgan fingerprint density at radius 2 is 2.15 bits per heavy atom. The minimum atomic E-state index is -0.542. The maximum Gasteiger partial charge on any atom is 0.255 e. The first-order valence-corrected chi connectivity index (χ1v) is 4.88. The molecule has 1 aliphatic rings. The molecule has 1 heterocycles. The summed E-state index contributed by atoms with van der Waals surface area (Å²) in [4.78, 5) is 7.33. The topological polar surface area (TPSA) is 37.8 Å². The fourth-order valence-electron chi connectivity index (χ4n) is 0.994. The fraction of sp³-hybridized carbons (Fsp3) is 0.500. The van der Waals surface area contributed by atoms with Gasteiger partial charge in [0.1, 0.15) is 0 Å². The maximum atomic E-state index is 12.9. The highest BCUT2D eigenvalue weighted by atomic mass is 79.9. The van der Waals surface area contributed by atoms with Gasteiger partial charge in [0.25, 0.3) is 5.95 Å². The third-order valence-corrected chi connectivity index (χ3v) is 3.09. The summed E-state index contributed by atoms with van der Waals surface area (Å²) in [5.41, 5.74) is 0. The van der Waals surface area contributed by atoms with Crippen LogP contribution in [-0.4, -0.2) is 20.8 Å². The van der Waals surface area contributed by atoms with Crippen molar-refractivity contribution >= 4 is 21.7 Å². The third-order valence-electron chi connectivity index (χ3n) is 2.02. The van der Waals surface area contributed by atoms with Crippen molar-refractivity contribution in [1.82, 2.24) is 9.97 Å². The zero-order valence-electron chi connectivity index (χ0n) is 6.93. The average Bonchev–Trinajstić information content (AvgIpc) is 2.83. The van der Waals surface area contributed by atoms with E-state index in [1.807, 2.05) is 0 Å². The van der Waals surface area contributed by atoms with Gasteiger partial charge in [-0.25, -0.2) is 9.97 Å². The van der Waals surface area contributed by atoms with E-state index < -0.39 is 5.95 Å². The lowest BCUT2D eigenvalue weighted by Gasteiger charge is -2.08. The summed E-state index contributed by atoms with van der Waals surface area (Å²) in [5.74, 6) is -0.313. The Morgan fingerprint density at radius 1 is 1.46 bits per heavy atom. The SMILES string of the molecule is Fc1nccnc1NCC1(Br)CC1. The summed E-state index contributed by atoms with van der Waals surface area (Å²) >= 11 is 3.54. The predicted molar refractivity (Wildman–Crippen MR) is 51.4 cm³/mol. The van der Waals surface area contributed by atoms with Gasteiger partial charge in [-0.1, -0.05) is 15.9 Å². The van der Waals surface area contributed by atoms with E-state index in [1.165, 1.54) is 12.4 Å². The molecular formula is C8H9BrFN3. The normalized spacial score (nSPS) is 18.3. The monoisotopic (exact) mass is 245 g/mol. The van der Waals surface area contributed by atoms with Crippen molar-refractivity contribution in [2.75, 3.05) is 11.9 Å². The summed E-state index contributed by atoms with van der Waals surface area (Å²) < 4.78 is 13.1. The van der Waals surface area contributed by atoms with Crippen LogP contribution in [0.15, 0.2) is 12.4 Å². The molecule has 1 saturated carbocycles. The number of halogens is 2. The van der Waals surface area contributed by atoms with Crippen molar-refractivity contribution in [3.05, 3.63) is 18.3 Å². The van der Waals surface area contributed by atoms with E-state index in [0.29, 0.717) is 6.54 Å². The van der Waals surface area contributed by atoms with E-state index in [-0.39, 0.29) is 10.1 Å². The Morgan fingerprint density at radius 3 is 2.77 bits per heavy atom. The van der Waals surface area contributed by atoms with E-state index in [0.717, 1.165) is 12.8 Å². The Labute approximate surface area is 83.9 Å². The molecule has 5 heteroatoms. The maximum absolute atomic E-state index is 12.9. The molecule has 0 spiro atoms. The molecule has 2 rings (SSSR count). The van der Waals surface area contributed by atoms with Crippen LogP contribution in [0.3, 0.4) is 0 Å². The second-order valence-electron chi connectivity index (χ2n) is 3.20. The van der Waals surface area contributed by atoms with Crippen LogP contribution in [-0.2, 0) is 0 Å². The number of nitrogens with zero attached hydrogens (tertiary/aromatic N) is 2. The Balaban J connectivity index is 1.97. The fourth-order valence-corrected chi connectivity index (χ4v) is 1.33. The van der Waals surface area contributed by atoms with Gasteiger partial charge in [0, 0.05) is 23.3 Å². The van der Waals surface area contributed by atoms with Gasteiger partial charge >= 0.3 is 0 Å². The van der Waals surface area contributed by atoms with Crippen molar-refractivity contribution in [2.45, 2.75) is 17.2 Å². The number of hydrogen-bond donors (Lipinski definition) is 1. The lowest BCUT2D eigenvalue weighted by molar-refractivity contribution is 0.580. The molecule has 0 bridgehead atoms. The Hall–Kier alpha value is -0.710. The van der Waals surface area contributed by atoms with Gasteiger partial charge in [-0.3, -0.25) is 0 Å². The molecule has 0 atom stereocenters. The number of nitrogens with one attached hydrogen (secondary N) is 1. The molecule has 1 fully saturated rings. The van der Waals surface area contributed by atoms with Gasteiger partial charge in [0.15, 0.2) is 5.82 Å². The van der Waals surface area contributed by atoms with Crippen LogP contribution in [0.25, 0.3) is 0 Å². The molecule has 0 amide bonds. The van der Waals surface area contributed by atoms with Crippen LogP contribution in [0.1, 0.15) is 12.8 Å². The highest BCUT2D eigenvalue weighted by molar-refractivity contribution is 9.10. The van der Waals surface area contributed by atoms with Gasteiger partial charge < -0.3 is 5.32 Å². The van der Waals surface area contributed by atoms with E-state index in [4.69, 9.17) is 0 Å². The lowest BCUT2D eigenvalue weighted by Crippen LogP contribution is -2.16. The quantitative estimate of drug-likeness (QED) is 0.828. The van der Waals surface area contributed by atoms with Crippen LogP contribution in [0.4, 0.5) is 10.2 Å². The van der Waals surface area contributed by atoms with Gasteiger partial charge in [0.05, 0.1) is 0 Å². The average molecular weight is 246 g/mol. The second kappa shape index (κ2) is 3.21. The van der Waals surface area contributed by atoms with E-state index >= 15 is 0 Å². The first kappa shape index (κ1) is 8.87. The van der Waals surface area contributed by atoms with Gasteiger partial charge in [-0.15, -0.1) is 0 Å². The lowest BCUT2D eigenvalue weighted by atomic mass is 10.4. The highest BCUT2D eigenvalue weighted by Crippen LogP contribution is 2.44. The number of rotatable bonds is 3. The molecule has 0 aromatic carbocycles. The Kier molecular flexibility index (Phi) is 2.19. The molecule has 1 aromatic heterocycles. The minimum absolute atomic E-state index is 0.164. The largest absolute Gasteiger partial charge is 0.365 e. The highest BCUT2D eigenvalue weighted by Gasteiger charge is 2.39. The zero-order chi connectivity index (χ0) is 9.31. The van der Waals surface area contributed by atoms with Gasteiger partial charge in [-0.05, 0) is 12.8 Å². The molecule has 0 aliphatic heterocycles. The molecule has 1 aromatic rings. The van der Waals surface area contributed by atoms with Gasteiger partial charge in [0.2, 0.25) is 0 Å². The van der Waals surface area contributed by atoms with Crippen LogP contribution in [0.5, 0.6) is 0 Å². The van der Waals surface area contributed by atoms with Gasteiger partial charge in [-0.2, -0.15) is 4.39 Å². The number of anilines is 1. The van der Waals surface area contributed by atoms with Crippen LogP contribution < -0.4 is 5.32 Å². The van der Waals surface area contributed by atoms with Crippen LogP contribution in [0.2, 0.25) is 0 Å². The number of hydrogen-bond acceptors (Lipinski definition) is 3. The molecule has 1 aliphatic carbocycles. The van der Waals surface area contributed by atoms with E-state index in [9.17, 15) is 4.39 Å². The second-order valence-corrected chi connectivity index (χ2v) is 4.88. The molecule has 0 saturated heterocycles. The molecule has 0 radical (unpaired) electrons. The van der Waals surface area contributed by atoms with Crippen LogP contribution >= 0.6 is 15.9 Å². The van der Waals surface area contributed by atoms with E-state index in [2.05, 4.69) is 31.2 Å². The summed E-state index contributed by atoms with van der Waals surface area (Å²) in [5, 5.41) is 2.92. The summed E-state index contributed by atoms with van der Waals surface area (Å²) in [6.45, 7) is 0.697. The number of aromatic nitrogens is 2. The van der Waals surface area contributed by atoms with E-state index in [1.54, 1.807) is 0 Å². The molecule has 0 unspecified atom stereocenters. The minimum Gasteiger partial charge on any atom is -0.365 e. The summed E-state index contributed by atoms with van der Waals surface area (Å²) in [6, 6.07) is 0. The number of alkyl halides is 1. The first-order chi connectivity index (χ1) is 6.20. The summed E-state index contributed by atoms with van der Waals surface area (Å²) in [7, 11) is 0. The Bertz CT molecular complexity index is 314. The van der Waals surface area contributed by atoms with Crippen molar-refractivity contribution in [2.24, 2.45) is 0 Å². The molecule has 1 N–H and O–H groups in total.